The Morgan fingerprint density at radius 2 is 2.33 bits per heavy atom. The Kier molecular flexibility index (Phi) is 4.62. The number of carbonyl (C=O) groups excluding carboxylic acids is 1. The summed E-state index contributed by atoms with van der Waals surface area (Å²) in [5, 5.41) is 6.54. The summed E-state index contributed by atoms with van der Waals surface area (Å²) in [4.78, 5) is 12.5. The maximum atomic E-state index is 12.5. The highest BCUT2D eigenvalue weighted by Crippen LogP contribution is 2.28. The van der Waals surface area contributed by atoms with E-state index >= 15 is 0 Å². The Hall–Kier alpha value is -0.610. The first-order valence-electron chi connectivity index (χ1n) is 7.17. The van der Waals surface area contributed by atoms with Crippen molar-refractivity contribution in [1.82, 2.24) is 10.6 Å². The fourth-order valence-corrected chi connectivity index (χ4v) is 3.31. The van der Waals surface area contributed by atoms with Gasteiger partial charge in [0.05, 0.1) is 12.0 Å². The lowest BCUT2D eigenvalue weighted by Crippen LogP contribution is -2.50. The van der Waals surface area contributed by atoms with E-state index in [1.54, 1.807) is 7.11 Å². The molecule has 104 valence electrons. The average molecular weight is 254 g/mol. The van der Waals surface area contributed by atoms with Crippen LogP contribution in [-0.4, -0.2) is 38.8 Å². The number of nitrogens with one attached hydrogen (secondary N) is 2. The van der Waals surface area contributed by atoms with Gasteiger partial charge < -0.3 is 15.4 Å². The first-order valence-corrected chi connectivity index (χ1v) is 7.17. The minimum absolute atomic E-state index is 0.188. The molecule has 4 nitrogen and oxygen atoms in total. The molecule has 1 aliphatic carbocycles. The van der Waals surface area contributed by atoms with Crippen LogP contribution >= 0.6 is 0 Å². The van der Waals surface area contributed by atoms with Crippen LogP contribution < -0.4 is 10.6 Å². The second-order valence-electron chi connectivity index (χ2n) is 6.08. The topological polar surface area (TPSA) is 50.4 Å². The standard InChI is InChI=1S/C14H26N2O2/c1-11-4-3-5-12(8-11)16-13(17)14(10-18-2)6-7-15-9-14/h11-12,15H,3-10H2,1-2H3,(H,16,17). The summed E-state index contributed by atoms with van der Waals surface area (Å²) >= 11 is 0. The number of hydrogen-bond acceptors (Lipinski definition) is 3. The van der Waals surface area contributed by atoms with Gasteiger partial charge in [-0.2, -0.15) is 0 Å². The van der Waals surface area contributed by atoms with Crippen molar-refractivity contribution in [2.75, 3.05) is 26.8 Å². The fraction of sp³-hybridized carbons (Fsp3) is 0.929. The molecule has 0 aromatic rings. The molecule has 0 aromatic carbocycles. The van der Waals surface area contributed by atoms with Gasteiger partial charge in [0.1, 0.15) is 0 Å². The van der Waals surface area contributed by atoms with E-state index in [2.05, 4.69) is 17.6 Å². The molecule has 4 heteroatoms. The summed E-state index contributed by atoms with van der Waals surface area (Å²) in [5.74, 6) is 0.928. The van der Waals surface area contributed by atoms with E-state index in [0.29, 0.717) is 12.6 Å². The molecule has 3 atom stereocenters. The van der Waals surface area contributed by atoms with Crippen molar-refractivity contribution in [3.8, 4) is 0 Å². The van der Waals surface area contributed by atoms with Gasteiger partial charge >= 0.3 is 0 Å². The van der Waals surface area contributed by atoms with E-state index in [0.717, 1.165) is 38.3 Å². The molecule has 0 aromatic heterocycles. The predicted molar refractivity (Wildman–Crippen MR) is 71.4 cm³/mol. The van der Waals surface area contributed by atoms with Crippen molar-refractivity contribution >= 4 is 5.91 Å². The molecule has 18 heavy (non-hydrogen) atoms. The van der Waals surface area contributed by atoms with E-state index in [1.165, 1.54) is 12.8 Å². The van der Waals surface area contributed by atoms with Crippen LogP contribution in [0.5, 0.6) is 0 Å². The normalized spacial score (nSPS) is 36.6. The average Bonchev–Trinajstić information content (AvgIpc) is 2.79. The molecular formula is C14H26N2O2. The van der Waals surface area contributed by atoms with Crippen LogP contribution in [0.25, 0.3) is 0 Å². The third kappa shape index (κ3) is 3.04. The zero-order chi connectivity index (χ0) is 13.0. The van der Waals surface area contributed by atoms with Gasteiger partial charge in [0, 0.05) is 19.7 Å². The van der Waals surface area contributed by atoms with Gasteiger partial charge in [-0.05, 0) is 31.7 Å². The van der Waals surface area contributed by atoms with E-state index in [9.17, 15) is 4.79 Å². The Labute approximate surface area is 110 Å². The lowest BCUT2D eigenvalue weighted by molar-refractivity contribution is -0.134. The Morgan fingerprint density at radius 3 is 2.94 bits per heavy atom. The molecule has 1 aliphatic heterocycles. The monoisotopic (exact) mass is 254 g/mol. The number of rotatable bonds is 4. The molecule has 0 bridgehead atoms. The third-order valence-corrected chi connectivity index (χ3v) is 4.42. The van der Waals surface area contributed by atoms with Gasteiger partial charge in [-0.1, -0.05) is 19.8 Å². The quantitative estimate of drug-likeness (QED) is 0.795. The second-order valence-corrected chi connectivity index (χ2v) is 6.08. The van der Waals surface area contributed by atoms with Crippen molar-refractivity contribution in [3.05, 3.63) is 0 Å². The van der Waals surface area contributed by atoms with Gasteiger partial charge in [-0.15, -0.1) is 0 Å². The summed E-state index contributed by atoms with van der Waals surface area (Å²) in [6.45, 7) is 4.46. The molecule has 2 fully saturated rings. The molecule has 1 saturated carbocycles. The van der Waals surface area contributed by atoms with Crippen molar-refractivity contribution in [2.24, 2.45) is 11.3 Å². The molecule has 1 heterocycles. The molecule has 2 rings (SSSR count). The molecule has 1 amide bonds. The zero-order valence-corrected chi connectivity index (χ0v) is 11.6. The van der Waals surface area contributed by atoms with E-state index in [1.807, 2.05) is 0 Å². The van der Waals surface area contributed by atoms with E-state index in [-0.39, 0.29) is 11.3 Å². The SMILES string of the molecule is COCC1(C(=O)NC2CCCC(C)C2)CCNC1. The van der Waals surface area contributed by atoms with Crippen LogP contribution in [0.3, 0.4) is 0 Å². The number of hydrogen-bond donors (Lipinski definition) is 2. The molecular weight excluding hydrogens is 228 g/mol. The van der Waals surface area contributed by atoms with Gasteiger partial charge in [-0.25, -0.2) is 0 Å². The van der Waals surface area contributed by atoms with Crippen LogP contribution in [0.2, 0.25) is 0 Å². The maximum Gasteiger partial charge on any atom is 0.230 e. The van der Waals surface area contributed by atoms with Crippen molar-refractivity contribution < 1.29 is 9.53 Å². The number of carbonyl (C=O) groups is 1. The van der Waals surface area contributed by atoms with Crippen molar-refractivity contribution in [1.29, 1.82) is 0 Å². The molecule has 0 spiro atoms. The minimum atomic E-state index is -0.338. The minimum Gasteiger partial charge on any atom is -0.384 e. The first-order chi connectivity index (χ1) is 8.66. The summed E-state index contributed by atoms with van der Waals surface area (Å²) in [5.41, 5.74) is -0.338. The number of methoxy groups -OCH3 is 1. The highest BCUT2D eigenvalue weighted by atomic mass is 16.5. The van der Waals surface area contributed by atoms with Gasteiger partial charge in [0.15, 0.2) is 0 Å². The highest BCUT2D eigenvalue weighted by molar-refractivity contribution is 5.83. The van der Waals surface area contributed by atoms with Crippen LogP contribution in [-0.2, 0) is 9.53 Å². The lowest BCUT2D eigenvalue weighted by Gasteiger charge is -2.32. The molecule has 3 unspecified atom stereocenters. The lowest BCUT2D eigenvalue weighted by atomic mass is 9.84. The van der Waals surface area contributed by atoms with Crippen LogP contribution in [0.4, 0.5) is 0 Å². The van der Waals surface area contributed by atoms with Gasteiger partial charge in [0.2, 0.25) is 5.91 Å². The van der Waals surface area contributed by atoms with Crippen LogP contribution in [0.15, 0.2) is 0 Å². The van der Waals surface area contributed by atoms with E-state index in [4.69, 9.17) is 4.74 Å². The zero-order valence-electron chi connectivity index (χ0n) is 11.6. The maximum absolute atomic E-state index is 12.5. The summed E-state index contributed by atoms with van der Waals surface area (Å²) < 4.78 is 5.26. The highest BCUT2D eigenvalue weighted by Gasteiger charge is 2.42. The van der Waals surface area contributed by atoms with Gasteiger partial charge in [-0.3, -0.25) is 4.79 Å². The smallest absolute Gasteiger partial charge is 0.230 e. The molecule has 0 radical (unpaired) electrons. The summed E-state index contributed by atoms with van der Waals surface area (Å²) in [6.07, 6.45) is 5.68. The number of amides is 1. The van der Waals surface area contributed by atoms with Crippen LogP contribution in [0.1, 0.15) is 39.0 Å². The fourth-order valence-electron chi connectivity index (χ4n) is 3.31. The summed E-state index contributed by atoms with van der Waals surface area (Å²) in [7, 11) is 1.68. The predicted octanol–water partition coefficient (Wildman–Crippen LogP) is 1.31. The third-order valence-electron chi connectivity index (χ3n) is 4.42. The Morgan fingerprint density at radius 1 is 1.50 bits per heavy atom. The first kappa shape index (κ1) is 13.8. The Balaban J connectivity index is 1.92. The van der Waals surface area contributed by atoms with Crippen molar-refractivity contribution in [2.45, 2.75) is 45.1 Å². The van der Waals surface area contributed by atoms with Crippen molar-refractivity contribution in [3.63, 3.8) is 0 Å². The molecule has 1 saturated heterocycles. The Bertz CT molecular complexity index is 288. The van der Waals surface area contributed by atoms with E-state index < -0.39 is 0 Å². The largest absolute Gasteiger partial charge is 0.384 e. The second kappa shape index (κ2) is 6.02. The molecule has 2 aliphatic rings. The summed E-state index contributed by atoms with van der Waals surface area (Å²) in [6, 6.07) is 0.371. The van der Waals surface area contributed by atoms with Crippen LogP contribution in [0, 0.1) is 11.3 Å². The number of ether oxygens (including phenoxy) is 1. The van der Waals surface area contributed by atoms with Gasteiger partial charge in [0.25, 0.3) is 0 Å². The molecule has 2 N–H and O–H groups in total.